The number of amides is 1. The molecule has 3 rings (SSSR count). The first-order valence-corrected chi connectivity index (χ1v) is 9.45. The number of nitrogens with zero attached hydrogens (tertiary/aromatic N) is 2. The molecule has 2 fully saturated rings. The number of hydrogen-bond donors (Lipinski definition) is 1. The van der Waals surface area contributed by atoms with Crippen LogP contribution in [0.5, 0.6) is 0 Å². The number of thiophene rings is 1. The van der Waals surface area contributed by atoms with E-state index in [0.717, 1.165) is 69.5 Å². The Morgan fingerprint density at radius 3 is 2.83 bits per heavy atom. The van der Waals surface area contributed by atoms with Gasteiger partial charge in [0.2, 0.25) is 0 Å². The van der Waals surface area contributed by atoms with Crippen LogP contribution >= 0.6 is 11.3 Å². The van der Waals surface area contributed by atoms with Crippen LogP contribution in [-0.4, -0.2) is 74.7 Å². The van der Waals surface area contributed by atoms with Gasteiger partial charge < -0.3 is 15.0 Å². The van der Waals surface area contributed by atoms with Crippen LogP contribution in [-0.2, 0) is 4.74 Å². The van der Waals surface area contributed by atoms with E-state index in [1.165, 1.54) is 17.8 Å². The molecule has 6 heteroatoms. The third-order valence-electron chi connectivity index (χ3n) is 4.83. The van der Waals surface area contributed by atoms with Crippen molar-refractivity contribution in [2.75, 3.05) is 59.0 Å². The fourth-order valence-corrected chi connectivity index (χ4v) is 4.15. The normalized spacial score (nSPS) is 23.3. The van der Waals surface area contributed by atoms with Gasteiger partial charge >= 0.3 is 0 Å². The predicted octanol–water partition coefficient (Wildman–Crippen LogP) is 1.44. The lowest BCUT2D eigenvalue weighted by Gasteiger charge is -2.28. The number of aryl methyl sites for hydroxylation is 1. The predicted molar refractivity (Wildman–Crippen MR) is 93.2 cm³/mol. The fourth-order valence-electron chi connectivity index (χ4n) is 3.31. The van der Waals surface area contributed by atoms with Gasteiger partial charge in [0.1, 0.15) is 0 Å². The topological polar surface area (TPSA) is 44.8 Å². The first-order chi connectivity index (χ1) is 11.2. The maximum Gasteiger partial charge on any atom is 0.261 e. The number of hydrogen-bond acceptors (Lipinski definition) is 5. The van der Waals surface area contributed by atoms with E-state index in [1.807, 2.05) is 18.4 Å². The molecule has 2 aliphatic heterocycles. The van der Waals surface area contributed by atoms with Crippen molar-refractivity contribution in [1.82, 2.24) is 15.1 Å². The number of nitrogens with one attached hydrogen (secondary N) is 1. The van der Waals surface area contributed by atoms with Crippen molar-refractivity contribution >= 4 is 17.2 Å². The highest BCUT2D eigenvalue weighted by Crippen LogP contribution is 2.17. The summed E-state index contributed by atoms with van der Waals surface area (Å²) in [7, 11) is 0. The van der Waals surface area contributed by atoms with Crippen molar-refractivity contribution in [2.45, 2.75) is 13.3 Å². The fraction of sp³-hybridized carbons (Fsp3) is 0.706. The molecule has 5 nitrogen and oxygen atoms in total. The highest BCUT2D eigenvalue weighted by molar-refractivity contribution is 7.12. The SMILES string of the molecule is Cc1ccsc1C(=O)NC[C@@H]1CCN(CCN2CCOCC2)C1. The molecular formula is C17H27N3O2S. The third-order valence-corrected chi connectivity index (χ3v) is 5.84. The summed E-state index contributed by atoms with van der Waals surface area (Å²) in [5.74, 6) is 0.674. The number of ether oxygens (including phenoxy) is 1. The van der Waals surface area contributed by atoms with E-state index < -0.39 is 0 Å². The van der Waals surface area contributed by atoms with Crippen molar-refractivity contribution in [1.29, 1.82) is 0 Å². The van der Waals surface area contributed by atoms with Crippen LogP contribution in [0.1, 0.15) is 21.7 Å². The zero-order valence-electron chi connectivity index (χ0n) is 13.9. The molecule has 2 saturated heterocycles. The summed E-state index contributed by atoms with van der Waals surface area (Å²) in [5.41, 5.74) is 1.08. The monoisotopic (exact) mass is 337 g/mol. The van der Waals surface area contributed by atoms with Crippen LogP contribution in [0.4, 0.5) is 0 Å². The largest absolute Gasteiger partial charge is 0.379 e. The van der Waals surface area contributed by atoms with Crippen LogP contribution in [0.25, 0.3) is 0 Å². The minimum absolute atomic E-state index is 0.0873. The van der Waals surface area contributed by atoms with Crippen LogP contribution in [0.15, 0.2) is 11.4 Å². The molecule has 0 aromatic carbocycles. The lowest BCUT2D eigenvalue weighted by atomic mass is 10.1. The van der Waals surface area contributed by atoms with Crippen molar-refractivity contribution in [3.8, 4) is 0 Å². The minimum Gasteiger partial charge on any atom is -0.379 e. The molecule has 23 heavy (non-hydrogen) atoms. The molecular weight excluding hydrogens is 310 g/mol. The lowest BCUT2D eigenvalue weighted by Crippen LogP contribution is -2.41. The van der Waals surface area contributed by atoms with Gasteiger partial charge in [-0.15, -0.1) is 11.3 Å². The number of carbonyl (C=O) groups is 1. The Kier molecular flexibility index (Phi) is 6.05. The Labute approximate surface area is 142 Å². The first kappa shape index (κ1) is 16.9. The average Bonchev–Trinajstić information content (AvgIpc) is 3.20. The summed E-state index contributed by atoms with van der Waals surface area (Å²) in [5, 5.41) is 5.09. The lowest BCUT2D eigenvalue weighted by molar-refractivity contribution is 0.0342. The summed E-state index contributed by atoms with van der Waals surface area (Å²) >= 11 is 1.53. The Morgan fingerprint density at radius 1 is 1.30 bits per heavy atom. The maximum atomic E-state index is 12.2. The van der Waals surface area contributed by atoms with E-state index in [4.69, 9.17) is 4.74 Å². The highest BCUT2D eigenvalue weighted by atomic mass is 32.1. The average molecular weight is 337 g/mol. The zero-order chi connectivity index (χ0) is 16.1. The molecule has 0 spiro atoms. The zero-order valence-corrected chi connectivity index (χ0v) is 14.7. The van der Waals surface area contributed by atoms with Crippen LogP contribution in [0.3, 0.4) is 0 Å². The van der Waals surface area contributed by atoms with Gasteiger partial charge in [-0.3, -0.25) is 9.69 Å². The van der Waals surface area contributed by atoms with Gasteiger partial charge in [-0.2, -0.15) is 0 Å². The van der Waals surface area contributed by atoms with Gasteiger partial charge in [0, 0.05) is 39.3 Å². The molecule has 2 aliphatic rings. The van der Waals surface area contributed by atoms with Gasteiger partial charge in [0.15, 0.2) is 0 Å². The highest BCUT2D eigenvalue weighted by Gasteiger charge is 2.23. The molecule has 1 aromatic rings. The van der Waals surface area contributed by atoms with E-state index in [0.29, 0.717) is 5.92 Å². The van der Waals surface area contributed by atoms with Crippen LogP contribution in [0.2, 0.25) is 0 Å². The number of likely N-dealkylation sites (tertiary alicyclic amines) is 1. The van der Waals surface area contributed by atoms with Crippen LogP contribution in [0, 0.1) is 12.8 Å². The molecule has 0 radical (unpaired) electrons. The summed E-state index contributed by atoms with van der Waals surface area (Å²) in [6.45, 7) is 11.2. The Bertz CT molecular complexity index is 514. The molecule has 1 N–H and O–H groups in total. The molecule has 3 heterocycles. The van der Waals surface area contributed by atoms with Crippen molar-refractivity contribution in [3.63, 3.8) is 0 Å². The Balaban J connectivity index is 1.35. The summed E-state index contributed by atoms with van der Waals surface area (Å²) in [4.78, 5) is 18.0. The van der Waals surface area contributed by atoms with E-state index in [2.05, 4.69) is 15.1 Å². The molecule has 1 aromatic heterocycles. The number of morpholine rings is 1. The van der Waals surface area contributed by atoms with E-state index in [-0.39, 0.29) is 5.91 Å². The molecule has 128 valence electrons. The van der Waals surface area contributed by atoms with Gasteiger partial charge in [0.05, 0.1) is 18.1 Å². The molecule has 1 atom stereocenters. The summed E-state index contributed by atoms with van der Waals surface area (Å²) < 4.78 is 5.39. The molecule has 0 aliphatic carbocycles. The third kappa shape index (κ3) is 4.76. The maximum absolute atomic E-state index is 12.2. The van der Waals surface area contributed by atoms with Gasteiger partial charge in [-0.1, -0.05) is 0 Å². The van der Waals surface area contributed by atoms with Crippen molar-refractivity contribution in [2.24, 2.45) is 5.92 Å². The molecule has 0 bridgehead atoms. The molecule has 0 saturated carbocycles. The molecule has 0 unspecified atom stereocenters. The van der Waals surface area contributed by atoms with E-state index in [9.17, 15) is 4.79 Å². The minimum atomic E-state index is 0.0873. The van der Waals surface area contributed by atoms with Gasteiger partial charge in [0.25, 0.3) is 5.91 Å². The standard InChI is InChI=1S/C17H27N3O2S/c1-14-3-11-23-16(14)17(21)18-12-15-2-4-20(13-15)6-5-19-7-9-22-10-8-19/h3,11,15H,2,4-10,12-13H2,1H3,(H,18,21)/t15-/m0/s1. The first-order valence-electron chi connectivity index (χ1n) is 8.57. The smallest absolute Gasteiger partial charge is 0.261 e. The Hall–Kier alpha value is -0.950. The molecule has 1 amide bonds. The van der Waals surface area contributed by atoms with Gasteiger partial charge in [-0.05, 0) is 42.8 Å². The van der Waals surface area contributed by atoms with Crippen molar-refractivity contribution < 1.29 is 9.53 Å². The van der Waals surface area contributed by atoms with Gasteiger partial charge in [-0.25, -0.2) is 0 Å². The second kappa shape index (κ2) is 8.24. The number of rotatable bonds is 6. The van der Waals surface area contributed by atoms with Crippen LogP contribution < -0.4 is 5.32 Å². The second-order valence-corrected chi connectivity index (χ2v) is 7.47. The summed E-state index contributed by atoms with van der Waals surface area (Å²) in [6, 6.07) is 2.00. The number of carbonyl (C=O) groups excluding carboxylic acids is 1. The van der Waals surface area contributed by atoms with E-state index >= 15 is 0 Å². The quantitative estimate of drug-likeness (QED) is 0.853. The van der Waals surface area contributed by atoms with Crippen molar-refractivity contribution in [3.05, 3.63) is 21.9 Å². The Morgan fingerprint density at radius 2 is 2.09 bits per heavy atom. The summed E-state index contributed by atoms with van der Waals surface area (Å²) in [6.07, 6.45) is 1.19. The van der Waals surface area contributed by atoms with E-state index in [1.54, 1.807) is 0 Å². The second-order valence-electron chi connectivity index (χ2n) is 6.55.